The van der Waals surface area contributed by atoms with Crippen molar-refractivity contribution in [3.63, 3.8) is 0 Å². The minimum absolute atomic E-state index is 0.0658. The molecule has 0 saturated carbocycles. The lowest BCUT2D eigenvalue weighted by molar-refractivity contribution is -0.144. The molecule has 0 saturated heterocycles. The smallest absolute Gasteiger partial charge is 0.407 e. The molecule has 0 spiro atoms. The van der Waals surface area contributed by atoms with Crippen LogP contribution in [0, 0.1) is 5.41 Å². The maximum atomic E-state index is 12.0. The number of hydrogen-bond acceptors (Lipinski definition) is 7. The molecule has 0 aliphatic rings. The van der Waals surface area contributed by atoms with Crippen LogP contribution in [-0.2, 0) is 28.5 Å². The van der Waals surface area contributed by atoms with Gasteiger partial charge in [0.1, 0.15) is 25.4 Å². The van der Waals surface area contributed by atoms with Crippen LogP contribution in [0.1, 0.15) is 40.5 Å². The molecular formula is C20H33NO7. The second kappa shape index (κ2) is 12.9. The third-order valence-corrected chi connectivity index (χ3v) is 3.48. The highest BCUT2D eigenvalue weighted by atomic mass is 16.6. The molecule has 0 unspecified atom stereocenters. The molecule has 28 heavy (non-hydrogen) atoms. The normalized spacial score (nSPS) is 11.3. The number of amides is 1. The van der Waals surface area contributed by atoms with Crippen LogP contribution in [0.15, 0.2) is 25.3 Å². The zero-order valence-electron chi connectivity index (χ0n) is 17.4. The quantitative estimate of drug-likeness (QED) is 0.220. The molecule has 0 aromatic rings. The molecule has 0 aliphatic carbocycles. The van der Waals surface area contributed by atoms with Crippen molar-refractivity contribution in [3.05, 3.63) is 25.3 Å². The summed E-state index contributed by atoms with van der Waals surface area (Å²) < 4.78 is 20.4. The molecule has 8 heteroatoms. The summed E-state index contributed by atoms with van der Waals surface area (Å²) in [6.07, 6.45) is 3.21. The molecule has 0 atom stereocenters. The van der Waals surface area contributed by atoms with Crippen LogP contribution in [0.25, 0.3) is 0 Å². The molecule has 0 rings (SSSR count). The third kappa shape index (κ3) is 13.8. The van der Waals surface area contributed by atoms with Gasteiger partial charge in [0.2, 0.25) is 0 Å². The van der Waals surface area contributed by atoms with Gasteiger partial charge in [-0.1, -0.05) is 33.9 Å². The summed E-state index contributed by atoms with van der Waals surface area (Å²) >= 11 is 0. The summed E-state index contributed by atoms with van der Waals surface area (Å²) in [5.41, 5.74) is -0.920. The molecule has 0 radical (unpaired) electrons. The van der Waals surface area contributed by atoms with Crippen molar-refractivity contribution in [2.45, 2.75) is 46.1 Å². The molecule has 0 fully saturated rings. The van der Waals surface area contributed by atoms with E-state index in [4.69, 9.17) is 18.9 Å². The van der Waals surface area contributed by atoms with E-state index >= 15 is 0 Å². The SMILES string of the molecule is C=CC(=O)OCC(C)(COC(=O)C=C)NC(=O)OCCOCCCC(C)(C)C. The monoisotopic (exact) mass is 399 g/mol. The number of carbonyl (C=O) groups excluding carboxylic acids is 3. The average Bonchev–Trinajstić information content (AvgIpc) is 2.62. The first-order valence-corrected chi connectivity index (χ1v) is 9.12. The molecule has 1 N–H and O–H groups in total. The molecule has 0 aliphatic heterocycles. The lowest BCUT2D eigenvalue weighted by Gasteiger charge is -2.28. The molecular weight excluding hydrogens is 366 g/mol. The predicted molar refractivity (Wildman–Crippen MR) is 105 cm³/mol. The average molecular weight is 399 g/mol. The van der Waals surface area contributed by atoms with Crippen LogP contribution in [0.4, 0.5) is 4.79 Å². The zero-order chi connectivity index (χ0) is 21.6. The first kappa shape index (κ1) is 25.6. The number of nitrogens with one attached hydrogen (secondary N) is 1. The van der Waals surface area contributed by atoms with E-state index in [-0.39, 0.29) is 31.8 Å². The first-order chi connectivity index (χ1) is 13.0. The second-order valence-electron chi connectivity index (χ2n) is 7.72. The van der Waals surface area contributed by atoms with Crippen LogP contribution in [0.3, 0.4) is 0 Å². The Labute approximate surface area is 167 Å². The predicted octanol–water partition coefficient (Wildman–Crippen LogP) is 2.77. The topological polar surface area (TPSA) is 100 Å². The van der Waals surface area contributed by atoms with Crippen molar-refractivity contribution in [1.82, 2.24) is 5.32 Å². The Morgan fingerprint density at radius 3 is 1.86 bits per heavy atom. The van der Waals surface area contributed by atoms with Crippen LogP contribution in [0.2, 0.25) is 0 Å². The Bertz CT molecular complexity index is 513. The van der Waals surface area contributed by atoms with E-state index in [2.05, 4.69) is 39.2 Å². The second-order valence-corrected chi connectivity index (χ2v) is 7.72. The standard InChI is InChI=1S/C20H33NO7/c1-7-16(22)27-14-20(6,15-28-17(23)8-2)21-18(24)26-13-12-25-11-9-10-19(3,4)5/h7-8H,1-2,9-15H2,3-6H3,(H,21,24). The molecule has 0 aromatic carbocycles. The summed E-state index contributed by atoms with van der Waals surface area (Å²) in [4.78, 5) is 34.5. The highest BCUT2D eigenvalue weighted by Gasteiger charge is 2.30. The van der Waals surface area contributed by atoms with Crippen LogP contribution in [-0.4, -0.2) is 56.6 Å². The Morgan fingerprint density at radius 2 is 1.39 bits per heavy atom. The van der Waals surface area contributed by atoms with Gasteiger partial charge in [-0.15, -0.1) is 0 Å². The van der Waals surface area contributed by atoms with Gasteiger partial charge in [0, 0.05) is 18.8 Å². The largest absolute Gasteiger partial charge is 0.460 e. The van der Waals surface area contributed by atoms with Crippen molar-refractivity contribution in [3.8, 4) is 0 Å². The van der Waals surface area contributed by atoms with Gasteiger partial charge in [-0.05, 0) is 25.2 Å². The van der Waals surface area contributed by atoms with Gasteiger partial charge < -0.3 is 24.3 Å². The van der Waals surface area contributed by atoms with Crippen molar-refractivity contribution in [2.75, 3.05) is 33.0 Å². The lowest BCUT2D eigenvalue weighted by atomic mass is 9.91. The maximum Gasteiger partial charge on any atom is 0.407 e. The van der Waals surface area contributed by atoms with Crippen LogP contribution < -0.4 is 5.32 Å². The fraction of sp³-hybridized carbons (Fsp3) is 0.650. The first-order valence-electron chi connectivity index (χ1n) is 9.12. The molecule has 0 bridgehead atoms. The number of rotatable bonds is 13. The number of ether oxygens (including phenoxy) is 4. The summed E-state index contributed by atoms with van der Waals surface area (Å²) in [6, 6.07) is 0. The molecule has 1 amide bonds. The Balaban J connectivity index is 4.34. The summed E-state index contributed by atoms with van der Waals surface area (Å²) in [6.45, 7) is 15.1. The number of carbonyl (C=O) groups is 3. The molecule has 8 nitrogen and oxygen atoms in total. The Hall–Kier alpha value is -2.35. The minimum atomic E-state index is -1.18. The number of hydrogen-bond donors (Lipinski definition) is 1. The maximum absolute atomic E-state index is 12.0. The van der Waals surface area contributed by atoms with Crippen LogP contribution in [0.5, 0.6) is 0 Å². The van der Waals surface area contributed by atoms with Crippen molar-refractivity contribution < 1.29 is 33.3 Å². The zero-order valence-corrected chi connectivity index (χ0v) is 17.4. The van der Waals surface area contributed by atoms with Gasteiger partial charge in [0.05, 0.1) is 6.61 Å². The van der Waals surface area contributed by atoms with Crippen molar-refractivity contribution in [2.24, 2.45) is 5.41 Å². The van der Waals surface area contributed by atoms with E-state index in [0.717, 1.165) is 25.0 Å². The fourth-order valence-corrected chi connectivity index (χ4v) is 1.97. The summed E-state index contributed by atoms with van der Waals surface area (Å²) in [7, 11) is 0. The summed E-state index contributed by atoms with van der Waals surface area (Å²) in [5, 5.41) is 2.53. The molecule has 160 valence electrons. The molecule has 0 aromatic heterocycles. The van der Waals surface area contributed by atoms with Crippen molar-refractivity contribution in [1.29, 1.82) is 0 Å². The number of esters is 2. The highest BCUT2D eigenvalue weighted by molar-refractivity contribution is 5.81. The van der Waals surface area contributed by atoms with E-state index in [9.17, 15) is 14.4 Å². The lowest BCUT2D eigenvalue weighted by Crippen LogP contribution is -2.53. The minimum Gasteiger partial charge on any atom is -0.460 e. The highest BCUT2D eigenvalue weighted by Crippen LogP contribution is 2.20. The van der Waals surface area contributed by atoms with Crippen LogP contribution >= 0.6 is 0 Å². The van der Waals surface area contributed by atoms with E-state index in [0.29, 0.717) is 6.61 Å². The molecule has 0 heterocycles. The van der Waals surface area contributed by atoms with E-state index in [1.807, 2.05) is 0 Å². The van der Waals surface area contributed by atoms with E-state index in [1.54, 1.807) is 6.92 Å². The Kier molecular flexibility index (Phi) is 11.8. The van der Waals surface area contributed by atoms with Gasteiger partial charge in [0.25, 0.3) is 0 Å². The fourth-order valence-electron chi connectivity index (χ4n) is 1.97. The van der Waals surface area contributed by atoms with E-state index in [1.165, 1.54) is 0 Å². The third-order valence-electron chi connectivity index (χ3n) is 3.48. The van der Waals surface area contributed by atoms with Gasteiger partial charge in [-0.3, -0.25) is 0 Å². The van der Waals surface area contributed by atoms with Gasteiger partial charge in [0.15, 0.2) is 0 Å². The Morgan fingerprint density at radius 1 is 0.857 bits per heavy atom. The van der Waals surface area contributed by atoms with Gasteiger partial charge in [-0.2, -0.15) is 0 Å². The van der Waals surface area contributed by atoms with E-state index < -0.39 is 23.6 Å². The van der Waals surface area contributed by atoms with Gasteiger partial charge >= 0.3 is 18.0 Å². The van der Waals surface area contributed by atoms with Gasteiger partial charge in [-0.25, -0.2) is 14.4 Å². The number of alkyl carbamates (subject to hydrolysis) is 1. The van der Waals surface area contributed by atoms with Crippen molar-refractivity contribution >= 4 is 18.0 Å². The summed E-state index contributed by atoms with van der Waals surface area (Å²) in [5.74, 6) is -1.33.